The summed E-state index contributed by atoms with van der Waals surface area (Å²) >= 11 is 0. The molecule has 0 aromatic heterocycles. The summed E-state index contributed by atoms with van der Waals surface area (Å²) < 4.78 is 0. The number of hydrogen-bond donors (Lipinski definition) is 2. The van der Waals surface area contributed by atoms with Crippen LogP contribution in [-0.4, -0.2) is 10.2 Å². The Hall–Kier alpha value is -0.856. The Morgan fingerprint density at radius 1 is 0.667 bits per heavy atom. The van der Waals surface area contributed by atoms with E-state index in [1.165, 1.54) is 0 Å². The maximum Gasteiger partial charge on any atom is 0.00821 e. The first-order valence-electron chi connectivity index (χ1n) is 4.09. The van der Waals surface area contributed by atoms with E-state index >= 15 is 0 Å². The molecule has 0 heterocycles. The van der Waals surface area contributed by atoms with E-state index in [-0.39, 0.29) is 32.7 Å². The van der Waals surface area contributed by atoms with Gasteiger partial charge in [0.1, 0.15) is 0 Å². The van der Waals surface area contributed by atoms with Crippen LogP contribution in [0.15, 0.2) is 48.5 Å². The van der Waals surface area contributed by atoms with Gasteiger partial charge >= 0.3 is 0 Å². The van der Waals surface area contributed by atoms with Crippen LogP contribution in [0.1, 0.15) is 0 Å². The summed E-state index contributed by atoms with van der Waals surface area (Å²) in [5.41, 5.74) is 0. The summed E-state index contributed by atoms with van der Waals surface area (Å²) in [6, 6.07) is 18.5. The van der Waals surface area contributed by atoms with Gasteiger partial charge in [0, 0.05) is 44.2 Å². The van der Waals surface area contributed by atoms with Crippen molar-refractivity contribution in [3.8, 4) is 11.5 Å². The molecule has 0 amide bonds. The van der Waals surface area contributed by atoms with E-state index in [1.54, 1.807) is 48.5 Å². The van der Waals surface area contributed by atoms with Crippen molar-refractivity contribution in [1.29, 1.82) is 0 Å². The molecule has 2 aromatic carbocycles. The predicted octanol–water partition coefficient (Wildman–Crippen LogP) is 2.38. The van der Waals surface area contributed by atoms with E-state index in [4.69, 9.17) is 10.2 Å². The van der Waals surface area contributed by atoms with E-state index < -0.39 is 0 Å². The average Bonchev–Trinajstić information content (AvgIpc) is 2.21. The van der Waals surface area contributed by atoms with E-state index in [0.29, 0.717) is 11.5 Å². The Kier molecular flexibility index (Phi) is 7.97. The van der Waals surface area contributed by atoms with Gasteiger partial charge in [-0.3, -0.25) is 0 Å². The van der Waals surface area contributed by atoms with Crippen molar-refractivity contribution in [3.63, 3.8) is 0 Å². The van der Waals surface area contributed by atoms with Gasteiger partial charge in [0.05, 0.1) is 0 Å². The van der Waals surface area contributed by atoms with Gasteiger partial charge in [-0.2, -0.15) is 36.4 Å². The summed E-state index contributed by atoms with van der Waals surface area (Å²) in [6.45, 7) is 0. The Morgan fingerprint density at radius 2 is 0.933 bits per heavy atom. The third-order valence-corrected chi connectivity index (χ3v) is 1.40. The molecule has 0 aliphatic carbocycles. The van der Waals surface area contributed by atoms with Crippen LogP contribution in [0.25, 0.3) is 0 Å². The molecule has 0 aliphatic heterocycles. The molecule has 0 atom stereocenters. The summed E-state index contributed by atoms with van der Waals surface area (Å²) in [4.78, 5) is 0. The summed E-state index contributed by atoms with van der Waals surface area (Å²) in [5, 5.41) is 17.2. The number of hydrogen-bond acceptors (Lipinski definition) is 2. The van der Waals surface area contributed by atoms with Gasteiger partial charge in [0.25, 0.3) is 0 Å². The van der Waals surface area contributed by atoms with Crippen molar-refractivity contribution in [2.45, 2.75) is 0 Å². The number of benzene rings is 2. The molecule has 0 unspecified atom stereocenters. The van der Waals surface area contributed by atoms with Gasteiger partial charge in [-0.15, -0.1) is 24.3 Å². The SMILES string of the molecule is Oc1cc[c-]cc1.Oc1cc[c-]cc1.[Y]. The molecule has 0 fully saturated rings. The molecule has 2 rings (SSSR count). The maximum absolute atomic E-state index is 8.61. The molecule has 0 saturated carbocycles. The fourth-order valence-corrected chi connectivity index (χ4v) is 0.756. The first-order chi connectivity index (χ1) is 6.79. The van der Waals surface area contributed by atoms with Crippen LogP contribution in [0, 0.1) is 12.1 Å². The van der Waals surface area contributed by atoms with Crippen molar-refractivity contribution in [2.75, 3.05) is 0 Å². The Balaban J connectivity index is 0.000000245. The first-order valence-corrected chi connectivity index (χ1v) is 4.09. The van der Waals surface area contributed by atoms with Crippen LogP contribution in [0.5, 0.6) is 11.5 Å². The second-order valence-electron chi connectivity index (χ2n) is 2.52. The molecule has 75 valence electrons. The molecule has 1 radical (unpaired) electrons. The maximum atomic E-state index is 8.61. The normalized spacial score (nSPS) is 8.00. The standard InChI is InChI=1S/2C6H5O.Y/c2*7-6-4-2-1-3-5-6;/h2*2-5,7H;/q2*-1;. The van der Waals surface area contributed by atoms with Crippen LogP contribution in [0.3, 0.4) is 0 Å². The van der Waals surface area contributed by atoms with E-state index in [1.807, 2.05) is 0 Å². The zero-order chi connectivity index (χ0) is 10.2. The van der Waals surface area contributed by atoms with Crippen LogP contribution in [0.2, 0.25) is 0 Å². The molecule has 15 heavy (non-hydrogen) atoms. The molecule has 0 bridgehead atoms. The quantitative estimate of drug-likeness (QED) is 0.725. The molecule has 0 spiro atoms. The molecule has 2 aromatic rings. The van der Waals surface area contributed by atoms with Crippen molar-refractivity contribution in [3.05, 3.63) is 60.7 Å². The van der Waals surface area contributed by atoms with E-state index in [9.17, 15) is 0 Å². The molecule has 3 heteroatoms. The minimum atomic E-state index is 0. The van der Waals surface area contributed by atoms with Crippen molar-refractivity contribution in [2.24, 2.45) is 0 Å². The topological polar surface area (TPSA) is 40.5 Å². The second kappa shape index (κ2) is 8.45. The number of phenolic OH excluding ortho intramolecular Hbond substituents is 2. The van der Waals surface area contributed by atoms with Crippen molar-refractivity contribution >= 4 is 0 Å². The third-order valence-electron chi connectivity index (χ3n) is 1.40. The molecular formula is C12H10O2Y-2. The van der Waals surface area contributed by atoms with Crippen LogP contribution < -0.4 is 0 Å². The number of phenols is 2. The largest absolute Gasteiger partial charge is 0.533 e. The van der Waals surface area contributed by atoms with Gasteiger partial charge in [-0.05, 0) is 0 Å². The van der Waals surface area contributed by atoms with Crippen LogP contribution >= 0.6 is 0 Å². The third kappa shape index (κ3) is 7.12. The fourth-order valence-electron chi connectivity index (χ4n) is 0.756. The summed E-state index contributed by atoms with van der Waals surface area (Å²) in [6.07, 6.45) is 0. The zero-order valence-electron chi connectivity index (χ0n) is 8.09. The average molecular weight is 275 g/mol. The van der Waals surface area contributed by atoms with Crippen LogP contribution in [0.4, 0.5) is 0 Å². The van der Waals surface area contributed by atoms with Crippen LogP contribution in [-0.2, 0) is 32.7 Å². The minimum Gasteiger partial charge on any atom is -0.533 e. The molecule has 2 N–H and O–H groups in total. The van der Waals surface area contributed by atoms with Gasteiger partial charge in [0.2, 0.25) is 0 Å². The Morgan fingerprint density at radius 3 is 1.07 bits per heavy atom. The fraction of sp³-hybridized carbons (Fsp3) is 0. The molecule has 0 aliphatic rings. The molecule has 2 nitrogen and oxygen atoms in total. The number of rotatable bonds is 0. The summed E-state index contributed by atoms with van der Waals surface area (Å²) in [5.74, 6) is 0.581. The zero-order valence-corrected chi connectivity index (χ0v) is 10.9. The van der Waals surface area contributed by atoms with Gasteiger partial charge in [-0.25, -0.2) is 0 Å². The van der Waals surface area contributed by atoms with E-state index in [0.717, 1.165) is 0 Å². The molecular weight excluding hydrogens is 265 g/mol. The smallest absolute Gasteiger partial charge is 0.00821 e. The predicted molar refractivity (Wildman–Crippen MR) is 53.9 cm³/mol. The first kappa shape index (κ1) is 14.1. The monoisotopic (exact) mass is 275 g/mol. The molecule has 0 saturated heterocycles. The number of aromatic hydroxyl groups is 2. The Labute approximate surface area is 114 Å². The van der Waals surface area contributed by atoms with Crippen molar-refractivity contribution in [1.82, 2.24) is 0 Å². The second-order valence-corrected chi connectivity index (χ2v) is 2.52. The van der Waals surface area contributed by atoms with Gasteiger partial charge in [0.15, 0.2) is 0 Å². The van der Waals surface area contributed by atoms with Gasteiger partial charge in [-0.1, -0.05) is 0 Å². The summed E-state index contributed by atoms with van der Waals surface area (Å²) in [7, 11) is 0. The van der Waals surface area contributed by atoms with Crippen molar-refractivity contribution < 1.29 is 42.9 Å². The van der Waals surface area contributed by atoms with Gasteiger partial charge < -0.3 is 10.2 Å². The van der Waals surface area contributed by atoms with E-state index in [2.05, 4.69) is 12.1 Å². The minimum absolute atomic E-state index is 0. The Bertz CT molecular complexity index is 311.